The van der Waals surface area contributed by atoms with Crippen LogP contribution in [0, 0.1) is 0 Å². The van der Waals surface area contributed by atoms with Gasteiger partial charge in [-0.25, -0.2) is 0 Å². The second kappa shape index (κ2) is 5.55. The molecule has 1 aromatic heterocycles. The van der Waals surface area contributed by atoms with Gasteiger partial charge in [0.2, 0.25) is 5.78 Å². The zero-order chi connectivity index (χ0) is 13.1. The standard InChI is InChI=1S/C14H16ClNO2/c1-3-9(2)16-8-12(17)13-7-10-5-4-6-11(15)14(10)18-13/h4-7,9,16H,3,8H2,1-2H3. The van der Waals surface area contributed by atoms with Crippen molar-refractivity contribution in [1.82, 2.24) is 5.32 Å². The molecule has 1 unspecified atom stereocenters. The normalized spacial score (nSPS) is 12.8. The molecule has 2 rings (SSSR count). The lowest BCUT2D eigenvalue weighted by Gasteiger charge is -2.08. The van der Waals surface area contributed by atoms with Gasteiger partial charge in [-0.3, -0.25) is 4.79 Å². The molecular weight excluding hydrogens is 250 g/mol. The van der Waals surface area contributed by atoms with Gasteiger partial charge in [-0.05, 0) is 25.5 Å². The molecule has 3 nitrogen and oxygen atoms in total. The summed E-state index contributed by atoms with van der Waals surface area (Å²) in [5.41, 5.74) is 0.575. The van der Waals surface area contributed by atoms with Crippen LogP contribution in [0.15, 0.2) is 28.7 Å². The van der Waals surface area contributed by atoms with Crippen LogP contribution in [0.1, 0.15) is 30.8 Å². The number of para-hydroxylation sites is 1. The molecule has 0 spiro atoms. The molecule has 0 aliphatic heterocycles. The van der Waals surface area contributed by atoms with Crippen LogP contribution in [-0.4, -0.2) is 18.4 Å². The summed E-state index contributed by atoms with van der Waals surface area (Å²) in [4.78, 5) is 11.9. The van der Waals surface area contributed by atoms with Crippen LogP contribution in [0.25, 0.3) is 11.0 Å². The van der Waals surface area contributed by atoms with Crippen LogP contribution in [0.3, 0.4) is 0 Å². The SMILES string of the molecule is CCC(C)NCC(=O)c1cc2cccc(Cl)c2o1. The number of carbonyl (C=O) groups is 1. The lowest BCUT2D eigenvalue weighted by atomic mass is 10.2. The van der Waals surface area contributed by atoms with Crippen molar-refractivity contribution >= 4 is 28.4 Å². The Balaban J connectivity index is 2.16. The number of hydrogen-bond acceptors (Lipinski definition) is 3. The molecule has 4 heteroatoms. The zero-order valence-corrected chi connectivity index (χ0v) is 11.3. The number of rotatable bonds is 5. The van der Waals surface area contributed by atoms with Crippen molar-refractivity contribution in [2.75, 3.05) is 6.54 Å². The Hall–Kier alpha value is -1.32. The van der Waals surface area contributed by atoms with Crippen molar-refractivity contribution in [3.8, 4) is 0 Å². The van der Waals surface area contributed by atoms with E-state index in [9.17, 15) is 4.79 Å². The van der Waals surface area contributed by atoms with E-state index in [2.05, 4.69) is 12.2 Å². The number of benzene rings is 1. The van der Waals surface area contributed by atoms with Crippen LogP contribution < -0.4 is 5.32 Å². The van der Waals surface area contributed by atoms with Crippen molar-refractivity contribution in [3.63, 3.8) is 0 Å². The molecule has 96 valence electrons. The highest BCUT2D eigenvalue weighted by Crippen LogP contribution is 2.26. The Morgan fingerprint density at radius 2 is 2.28 bits per heavy atom. The maximum Gasteiger partial charge on any atom is 0.211 e. The number of furan rings is 1. The van der Waals surface area contributed by atoms with Crippen molar-refractivity contribution in [3.05, 3.63) is 35.0 Å². The average Bonchev–Trinajstić information content (AvgIpc) is 2.81. The van der Waals surface area contributed by atoms with Gasteiger partial charge >= 0.3 is 0 Å². The van der Waals surface area contributed by atoms with E-state index in [1.165, 1.54) is 0 Å². The lowest BCUT2D eigenvalue weighted by Crippen LogP contribution is -2.30. The van der Waals surface area contributed by atoms with Crippen LogP contribution in [0.2, 0.25) is 5.02 Å². The number of nitrogens with one attached hydrogen (secondary N) is 1. The van der Waals surface area contributed by atoms with Crippen LogP contribution in [0.5, 0.6) is 0 Å². The van der Waals surface area contributed by atoms with Gasteiger partial charge < -0.3 is 9.73 Å². The first kappa shape index (κ1) is 13.1. The Morgan fingerprint density at radius 1 is 1.50 bits per heavy atom. The minimum absolute atomic E-state index is 0.0532. The molecule has 0 saturated carbocycles. The molecule has 0 saturated heterocycles. The fourth-order valence-corrected chi connectivity index (χ4v) is 1.88. The number of fused-ring (bicyclic) bond motifs is 1. The molecule has 18 heavy (non-hydrogen) atoms. The minimum atomic E-state index is -0.0532. The third-order valence-electron chi connectivity index (χ3n) is 2.99. The molecule has 0 aliphatic rings. The molecule has 0 bridgehead atoms. The fraction of sp³-hybridized carbons (Fsp3) is 0.357. The minimum Gasteiger partial charge on any atom is -0.451 e. The van der Waals surface area contributed by atoms with E-state index in [1.807, 2.05) is 19.1 Å². The van der Waals surface area contributed by atoms with Crippen molar-refractivity contribution in [2.24, 2.45) is 0 Å². The fourth-order valence-electron chi connectivity index (χ4n) is 1.66. The van der Waals surface area contributed by atoms with Crippen LogP contribution in [0.4, 0.5) is 0 Å². The maximum atomic E-state index is 11.9. The summed E-state index contributed by atoms with van der Waals surface area (Å²) < 4.78 is 5.51. The van der Waals surface area contributed by atoms with E-state index in [0.29, 0.717) is 22.4 Å². The largest absolute Gasteiger partial charge is 0.451 e. The number of Topliss-reactive ketones (excluding diaryl/α,β-unsaturated/α-hetero) is 1. The summed E-state index contributed by atoms with van der Waals surface area (Å²) in [6, 6.07) is 7.53. The van der Waals surface area contributed by atoms with Gasteiger partial charge in [-0.1, -0.05) is 30.7 Å². The summed E-state index contributed by atoms with van der Waals surface area (Å²) in [7, 11) is 0. The van der Waals surface area contributed by atoms with E-state index < -0.39 is 0 Å². The topological polar surface area (TPSA) is 42.2 Å². The van der Waals surface area contributed by atoms with E-state index in [0.717, 1.165) is 11.8 Å². The molecule has 0 amide bonds. The second-order valence-corrected chi connectivity index (χ2v) is 4.79. The number of halogens is 1. The van der Waals surface area contributed by atoms with E-state index >= 15 is 0 Å². The summed E-state index contributed by atoms with van der Waals surface area (Å²) in [5, 5.41) is 4.53. The molecule has 0 aliphatic carbocycles. The first-order valence-electron chi connectivity index (χ1n) is 6.06. The van der Waals surface area contributed by atoms with Crippen molar-refractivity contribution in [1.29, 1.82) is 0 Å². The van der Waals surface area contributed by atoms with E-state index in [1.54, 1.807) is 12.1 Å². The van der Waals surface area contributed by atoms with Gasteiger partial charge in [0.25, 0.3) is 0 Å². The van der Waals surface area contributed by atoms with Gasteiger partial charge in [0.05, 0.1) is 11.6 Å². The van der Waals surface area contributed by atoms with Gasteiger partial charge in [0.1, 0.15) is 0 Å². The van der Waals surface area contributed by atoms with Crippen LogP contribution in [-0.2, 0) is 0 Å². The molecule has 1 aromatic carbocycles. The quantitative estimate of drug-likeness (QED) is 0.839. The summed E-state index contributed by atoms with van der Waals surface area (Å²) in [6.07, 6.45) is 0.985. The Kier molecular flexibility index (Phi) is 4.04. The summed E-state index contributed by atoms with van der Waals surface area (Å²) in [6.45, 7) is 4.40. The Bertz CT molecular complexity index is 562. The first-order valence-corrected chi connectivity index (χ1v) is 6.44. The van der Waals surface area contributed by atoms with E-state index in [-0.39, 0.29) is 12.3 Å². The highest BCUT2D eigenvalue weighted by molar-refractivity contribution is 6.34. The predicted molar refractivity (Wildman–Crippen MR) is 73.3 cm³/mol. The van der Waals surface area contributed by atoms with Crippen LogP contribution >= 0.6 is 11.6 Å². The first-order chi connectivity index (χ1) is 8.61. The van der Waals surface area contributed by atoms with Crippen molar-refractivity contribution in [2.45, 2.75) is 26.3 Å². The highest BCUT2D eigenvalue weighted by atomic mass is 35.5. The Morgan fingerprint density at radius 3 is 2.94 bits per heavy atom. The number of hydrogen-bond donors (Lipinski definition) is 1. The molecular formula is C14H16ClNO2. The predicted octanol–water partition coefficient (Wildman–Crippen LogP) is 3.66. The monoisotopic (exact) mass is 265 g/mol. The number of ketones is 1. The molecule has 2 aromatic rings. The molecule has 0 radical (unpaired) electrons. The third kappa shape index (κ3) is 2.74. The molecule has 0 fully saturated rings. The summed E-state index contributed by atoms with van der Waals surface area (Å²) in [5.74, 6) is 0.302. The second-order valence-electron chi connectivity index (χ2n) is 4.38. The number of carbonyl (C=O) groups excluding carboxylic acids is 1. The third-order valence-corrected chi connectivity index (χ3v) is 3.29. The lowest BCUT2D eigenvalue weighted by molar-refractivity contribution is 0.0963. The Labute approximate surface area is 111 Å². The highest BCUT2D eigenvalue weighted by Gasteiger charge is 2.14. The zero-order valence-electron chi connectivity index (χ0n) is 10.5. The maximum absolute atomic E-state index is 11.9. The molecule has 1 heterocycles. The molecule has 1 N–H and O–H groups in total. The van der Waals surface area contributed by atoms with Crippen molar-refractivity contribution < 1.29 is 9.21 Å². The summed E-state index contributed by atoms with van der Waals surface area (Å²) >= 11 is 6.00. The van der Waals surface area contributed by atoms with Gasteiger partial charge in [0.15, 0.2) is 11.3 Å². The smallest absolute Gasteiger partial charge is 0.211 e. The average molecular weight is 266 g/mol. The van der Waals surface area contributed by atoms with E-state index in [4.69, 9.17) is 16.0 Å². The van der Waals surface area contributed by atoms with Gasteiger partial charge in [-0.2, -0.15) is 0 Å². The van der Waals surface area contributed by atoms with Gasteiger partial charge in [0, 0.05) is 11.4 Å². The molecule has 1 atom stereocenters. The van der Waals surface area contributed by atoms with Gasteiger partial charge in [-0.15, -0.1) is 0 Å².